The lowest BCUT2D eigenvalue weighted by Gasteiger charge is -2.32. The van der Waals surface area contributed by atoms with Crippen LogP contribution < -0.4 is 5.32 Å². The zero-order valence-electron chi connectivity index (χ0n) is 10.7. The van der Waals surface area contributed by atoms with Crippen LogP contribution in [0.4, 0.5) is 0 Å². The van der Waals surface area contributed by atoms with Gasteiger partial charge < -0.3 is 10.2 Å². The van der Waals surface area contributed by atoms with E-state index in [-0.39, 0.29) is 17.7 Å². The van der Waals surface area contributed by atoms with Gasteiger partial charge in [0.05, 0.1) is 11.7 Å². The average Bonchev–Trinajstić information content (AvgIpc) is 2.36. The molecule has 98 valence electrons. The number of amides is 2. The zero-order chi connectivity index (χ0) is 12.7. The Morgan fingerprint density at radius 1 is 1.47 bits per heavy atom. The summed E-state index contributed by atoms with van der Waals surface area (Å²) in [4.78, 5) is 25.4. The topological polar surface area (TPSA) is 49.4 Å². The standard InChI is InChI=1S/C12H22N2O2S/c1-3-6-13-12(16)10-5-4-7-14(8-10)11(15)9-17-2/h10H,3-9H2,1-2H3,(H,13,16)/t10-/m0/s1. The predicted octanol–water partition coefficient (Wildman–Crippen LogP) is 1.11. The third-order valence-corrected chi connectivity index (χ3v) is 3.50. The summed E-state index contributed by atoms with van der Waals surface area (Å²) in [6.07, 6.45) is 4.71. The molecule has 0 bridgehead atoms. The number of nitrogens with one attached hydrogen (secondary N) is 1. The van der Waals surface area contributed by atoms with Crippen molar-refractivity contribution in [1.29, 1.82) is 0 Å². The third-order valence-electron chi connectivity index (χ3n) is 2.96. The smallest absolute Gasteiger partial charge is 0.232 e. The molecule has 0 unspecified atom stereocenters. The predicted molar refractivity (Wildman–Crippen MR) is 71.0 cm³/mol. The summed E-state index contributed by atoms with van der Waals surface area (Å²) < 4.78 is 0. The van der Waals surface area contributed by atoms with Crippen molar-refractivity contribution >= 4 is 23.6 Å². The molecule has 1 heterocycles. The molecule has 1 N–H and O–H groups in total. The number of carbonyl (C=O) groups is 2. The molecule has 0 spiro atoms. The molecule has 1 saturated heterocycles. The second-order valence-corrected chi connectivity index (χ2v) is 5.27. The number of carbonyl (C=O) groups excluding carboxylic acids is 2. The minimum absolute atomic E-state index is 0.0129. The van der Waals surface area contributed by atoms with Crippen LogP contribution in [0.2, 0.25) is 0 Å². The Hall–Kier alpha value is -0.710. The van der Waals surface area contributed by atoms with E-state index in [1.807, 2.05) is 18.1 Å². The van der Waals surface area contributed by atoms with E-state index in [4.69, 9.17) is 0 Å². The molecule has 1 aliphatic heterocycles. The molecule has 17 heavy (non-hydrogen) atoms. The van der Waals surface area contributed by atoms with Crippen molar-refractivity contribution in [3.05, 3.63) is 0 Å². The van der Waals surface area contributed by atoms with E-state index >= 15 is 0 Å². The molecule has 0 aliphatic carbocycles. The maximum absolute atomic E-state index is 11.8. The van der Waals surface area contributed by atoms with Crippen LogP contribution in [0, 0.1) is 5.92 Å². The van der Waals surface area contributed by atoms with Gasteiger partial charge in [-0.3, -0.25) is 9.59 Å². The number of rotatable bonds is 5. The SMILES string of the molecule is CCCNC(=O)[C@H]1CCCN(C(=O)CSC)C1. The summed E-state index contributed by atoms with van der Waals surface area (Å²) in [5.41, 5.74) is 0. The van der Waals surface area contributed by atoms with Gasteiger partial charge in [0, 0.05) is 19.6 Å². The van der Waals surface area contributed by atoms with Crippen LogP contribution in [0.5, 0.6) is 0 Å². The molecule has 1 rings (SSSR count). The van der Waals surface area contributed by atoms with Gasteiger partial charge in [0.1, 0.15) is 0 Å². The van der Waals surface area contributed by atoms with E-state index in [2.05, 4.69) is 5.32 Å². The van der Waals surface area contributed by atoms with Crippen molar-refractivity contribution in [2.75, 3.05) is 31.6 Å². The maximum atomic E-state index is 11.8. The van der Waals surface area contributed by atoms with E-state index in [1.54, 1.807) is 0 Å². The lowest BCUT2D eigenvalue weighted by atomic mass is 9.97. The molecule has 1 atom stereocenters. The molecule has 2 amide bonds. The van der Waals surface area contributed by atoms with E-state index in [0.29, 0.717) is 12.3 Å². The van der Waals surface area contributed by atoms with Crippen LogP contribution >= 0.6 is 11.8 Å². The lowest BCUT2D eigenvalue weighted by molar-refractivity contribution is -0.133. The van der Waals surface area contributed by atoms with Gasteiger partial charge in [-0.15, -0.1) is 0 Å². The van der Waals surface area contributed by atoms with Crippen molar-refractivity contribution in [2.45, 2.75) is 26.2 Å². The molecule has 4 nitrogen and oxygen atoms in total. The molecule has 1 fully saturated rings. The van der Waals surface area contributed by atoms with Gasteiger partial charge in [-0.2, -0.15) is 11.8 Å². The van der Waals surface area contributed by atoms with Crippen LogP contribution in [-0.4, -0.2) is 48.4 Å². The minimum Gasteiger partial charge on any atom is -0.356 e. The molecule has 0 radical (unpaired) electrons. The normalized spacial score (nSPS) is 20.1. The number of thioether (sulfide) groups is 1. The number of piperidine rings is 1. The quantitative estimate of drug-likeness (QED) is 0.804. The Bertz CT molecular complexity index is 271. The van der Waals surface area contributed by atoms with E-state index < -0.39 is 0 Å². The van der Waals surface area contributed by atoms with Crippen molar-refractivity contribution in [2.24, 2.45) is 5.92 Å². The first-order valence-electron chi connectivity index (χ1n) is 6.23. The zero-order valence-corrected chi connectivity index (χ0v) is 11.5. The Kier molecular flexibility index (Phi) is 6.40. The molecule has 0 aromatic heterocycles. The first-order chi connectivity index (χ1) is 8.19. The summed E-state index contributed by atoms with van der Waals surface area (Å²) in [7, 11) is 0. The fraction of sp³-hybridized carbons (Fsp3) is 0.833. The molecule has 5 heteroatoms. The van der Waals surface area contributed by atoms with Crippen LogP contribution in [0.25, 0.3) is 0 Å². The third kappa shape index (κ3) is 4.58. The Labute approximate surface area is 108 Å². The number of hydrogen-bond donors (Lipinski definition) is 1. The van der Waals surface area contributed by atoms with Crippen molar-refractivity contribution in [3.8, 4) is 0 Å². The highest BCUT2D eigenvalue weighted by Gasteiger charge is 2.27. The Balaban J connectivity index is 2.42. The minimum atomic E-state index is -0.0129. The van der Waals surface area contributed by atoms with Gasteiger partial charge >= 0.3 is 0 Å². The van der Waals surface area contributed by atoms with E-state index in [0.717, 1.165) is 32.4 Å². The van der Waals surface area contributed by atoms with Gasteiger partial charge in [0.25, 0.3) is 0 Å². The highest BCUT2D eigenvalue weighted by molar-refractivity contribution is 7.99. The lowest BCUT2D eigenvalue weighted by Crippen LogP contribution is -2.46. The number of hydrogen-bond acceptors (Lipinski definition) is 3. The summed E-state index contributed by atoms with van der Waals surface area (Å²) >= 11 is 1.54. The highest BCUT2D eigenvalue weighted by Crippen LogP contribution is 2.17. The molecular weight excluding hydrogens is 236 g/mol. The molecule has 0 aromatic rings. The molecule has 1 aliphatic rings. The van der Waals surface area contributed by atoms with E-state index in [1.165, 1.54) is 11.8 Å². The van der Waals surface area contributed by atoms with Crippen LogP contribution in [0.1, 0.15) is 26.2 Å². The fourth-order valence-electron chi connectivity index (χ4n) is 2.02. The van der Waals surface area contributed by atoms with Crippen molar-refractivity contribution in [1.82, 2.24) is 10.2 Å². The summed E-state index contributed by atoms with van der Waals surface area (Å²) in [6.45, 7) is 4.16. The van der Waals surface area contributed by atoms with Gasteiger partial charge in [-0.25, -0.2) is 0 Å². The van der Waals surface area contributed by atoms with Gasteiger partial charge in [0.2, 0.25) is 11.8 Å². The van der Waals surface area contributed by atoms with Gasteiger partial charge in [-0.05, 0) is 25.5 Å². The fourth-order valence-corrected chi connectivity index (χ4v) is 2.45. The molecular formula is C12H22N2O2S. The van der Waals surface area contributed by atoms with Crippen LogP contribution in [0.3, 0.4) is 0 Å². The highest BCUT2D eigenvalue weighted by atomic mass is 32.2. The average molecular weight is 258 g/mol. The summed E-state index contributed by atoms with van der Waals surface area (Å²) in [5.74, 6) is 0.767. The Morgan fingerprint density at radius 3 is 2.88 bits per heavy atom. The summed E-state index contributed by atoms with van der Waals surface area (Å²) in [6, 6.07) is 0. The molecule has 0 saturated carbocycles. The van der Waals surface area contributed by atoms with Gasteiger partial charge in [0.15, 0.2) is 0 Å². The van der Waals surface area contributed by atoms with Crippen LogP contribution in [-0.2, 0) is 9.59 Å². The van der Waals surface area contributed by atoms with Gasteiger partial charge in [-0.1, -0.05) is 6.92 Å². The molecule has 0 aromatic carbocycles. The van der Waals surface area contributed by atoms with Crippen molar-refractivity contribution in [3.63, 3.8) is 0 Å². The monoisotopic (exact) mass is 258 g/mol. The number of likely N-dealkylation sites (tertiary alicyclic amines) is 1. The van der Waals surface area contributed by atoms with Crippen LogP contribution in [0.15, 0.2) is 0 Å². The first kappa shape index (κ1) is 14.4. The summed E-state index contributed by atoms with van der Waals surface area (Å²) in [5, 5.41) is 2.91. The maximum Gasteiger partial charge on any atom is 0.232 e. The second kappa shape index (κ2) is 7.58. The Morgan fingerprint density at radius 2 is 2.24 bits per heavy atom. The largest absolute Gasteiger partial charge is 0.356 e. The first-order valence-corrected chi connectivity index (χ1v) is 7.62. The van der Waals surface area contributed by atoms with E-state index in [9.17, 15) is 9.59 Å². The number of nitrogens with zero attached hydrogens (tertiary/aromatic N) is 1. The van der Waals surface area contributed by atoms with Crippen molar-refractivity contribution < 1.29 is 9.59 Å². The second-order valence-electron chi connectivity index (χ2n) is 4.40.